The molecule has 2 aliphatic rings. The van der Waals surface area contributed by atoms with E-state index in [4.69, 9.17) is 66.3 Å². The minimum atomic E-state index is -2.73. The van der Waals surface area contributed by atoms with Crippen LogP contribution in [0, 0.1) is 0 Å². The van der Waals surface area contributed by atoms with E-state index in [0.29, 0.717) is 17.5 Å². The molecule has 25 nitrogen and oxygen atoms in total. The Balaban J connectivity index is 1.46. The molecule has 4 aromatic rings. The van der Waals surface area contributed by atoms with Gasteiger partial charge in [0.25, 0.3) is 5.79 Å². The highest BCUT2D eigenvalue weighted by Gasteiger charge is 2.60. The molecule has 0 saturated carbocycles. The first-order valence-corrected chi connectivity index (χ1v) is 33.8. The lowest BCUT2D eigenvalue weighted by Crippen LogP contribution is -2.70. The van der Waals surface area contributed by atoms with Gasteiger partial charge in [0.05, 0.1) is 77.5 Å². The number of nitrogens with one attached hydrogen (secondary N) is 1. The Morgan fingerprint density at radius 1 is 0.582 bits per heavy atom. The van der Waals surface area contributed by atoms with Gasteiger partial charge in [0.2, 0.25) is 5.91 Å². The maximum atomic E-state index is 14.8. The number of azide groups is 1. The van der Waals surface area contributed by atoms with E-state index < -0.39 is 153 Å². The average Bonchev–Trinajstić information content (AvgIpc) is 0.760. The number of ether oxygens (including phenoxy) is 14. The van der Waals surface area contributed by atoms with Crippen molar-refractivity contribution in [3.63, 3.8) is 0 Å². The summed E-state index contributed by atoms with van der Waals surface area (Å²) in [5.41, 5.74) is 13.6. The summed E-state index contributed by atoms with van der Waals surface area (Å²) in [5, 5.41) is 7.01. The van der Waals surface area contributed by atoms with Crippen molar-refractivity contribution >= 4 is 41.7 Å². The van der Waals surface area contributed by atoms with E-state index in [2.05, 4.69) is 22.3 Å². The van der Waals surface area contributed by atoms with Gasteiger partial charge < -0.3 is 71.6 Å². The fourth-order valence-electron chi connectivity index (χ4n) is 12.0. The van der Waals surface area contributed by atoms with Gasteiger partial charge in [0, 0.05) is 46.5 Å². The SMILES string of the molecule is CCCCCCCCCCCCC[C@@H](OCc1ccccc1)[C@@H](OCc1ccccc1)[C@H](CO[C@@H]1O[C@H](CO[C@@]2(C(=O)OC)C[C@H](OC(C)=O)[C@@H](NC(C)=O)[C@H]([C@H](OC(C)=O)[C@@H](COC(C)=O)OC(C)=O)O2)[C@@H](OCc2ccccc2)[C@H](OCc2ccccc2)[C@H]1OC(C)=O)N=[N+]=[N-]. The molecule has 0 bridgehead atoms. The largest absolute Gasteiger partial charge is 0.465 e. The van der Waals surface area contributed by atoms with Crippen molar-refractivity contribution < 1.29 is 99.9 Å². The van der Waals surface area contributed by atoms with Gasteiger partial charge in [0.1, 0.15) is 37.1 Å². The molecule has 0 radical (unpaired) electrons. The number of amides is 1. The van der Waals surface area contributed by atoms with Crippen LogP contribution in [0.1, 0.15) is 154 Å². The quantitative estimate of drug-likeness (QED) is 0.0107. The predicted molar refractivity (Wildman–Crippen MR) is 355 cm³/mol. The molecule has 2 heterocycles. The van der Waals surface area contributed by atoms with Crippen molar-refractivity contribution in [2.45, 2.75) is 244 Å². The van der Waals surface area contributed by atoms with Crippen molar-refractivity contribution in [2.24, 2.45) is 5.11 Å². The highest BCUT2D eigenvalue weighted by atomic mass is 16.8. The van der Waals surface area contributed by atoms with Crippen LogP contribution < -0.4 is 5.32 Å². The highest BCUT2D eigenvalue weighted by molar-refractivity contribution is 5.79. The lowest BCUT2D eigenvalue weighted by Gasteiger charge is -2.49. The maximum Gasteiger partial charge on any atom is 0.366 e. The van der Waals surface area contributed by atoms with Crippen LogP contribution in [0.4, 0.5) is 0 Å². The summed E-state index contributed by atoms with van der Waals surface area (Å²) in [4.78, 5) is 96.3. The average molecular weight is 1370 g/mol. The Labute approximate surface area is 574 Å². The molecule has 25 heteroatoms. The number of methoxy groups -OCH3 is 1. The lowest BCUT2D eigenvalue weighted by molar-refractivity contribution is -0.347. The monoisotopic (exact) mass is 1370 g/mol. The van der Waals surface area contributed by atoms with Gasteiger partial charge in [-0.3, -0.25) is 28.8 Å². The van der Waals surface area contributed by atoms with E-state index in [-0.39, 0.29) is 26.4 Å². The molecular weight excluding hydrogens is 1270 g/mol. The third kappa shape index (κ3) is 26.8. The van der Waals surface area contributed by atoms with E-state index in [1.807, 2.05) is 121 Å². The standard InChI is InChI=1S/C73H98N4O21/c1-9-10-11-12-13-14-15-16-17-18-31-40-60(87-42-55-32-23-19-24-33-55)65(88-43-56-34-25-20-26-35-56)59(76-77-74)46-91-71-70(96-54(7)83)69(90-45-58-38-29-22-30-39-58)66(89-44-57-36-27-21-28-37-57)63(97-71)48-92-73(72(84)85-8)41-61(93-51(4)80)64(75-49(2)78)68(98-73)67(95-53(6)82)62(94-52(5)81)47-86-50(3)79/h19-30,32-39,59-71H,9-18,31,40-48H2,1-8H3,(H,75,78)/t59-,60+,61-,62+,63+,64+,65-,66+,67+,68+,69-,70+,71+,73-/m0/s1. The van der Waals surface area contributed by atoms with Crippen molar-refractivity contribution in [1.82, 2.24) is 5.32 Å². The van der Waals surface area contributed by atoms with E-state index >= 15 is 0 Å². The zero-order chi connectivity index (χ0) is 70.7. The second kappa shape index (κ2) is 42.9. The second-order valence-electron chi connectivity index (χ2n) is 24.4. The van der Waals surface area contributed by atoms with Gasteiger partial charge >= 0.3 is 35.8 Å². The molecule has 536 valence electrons. The predicted octanol–water partition coefficient (Wildman–Crippen LogP) is 10.9. The summed E-state index contributed by atoms with van der Waals surface area (Å²) in [5.74, 6) is -9.11. The van der Waals surface area contributed by atoms with Crippen LogP contribution in [-0.4, -0.2) is 154 Å². The zero-order valence-electron chi connectivity index (χ0n) is 57.6. The molecule has 14 atom stereocenters. The number of nitrogens with zero attached hydrogens (tertiary/aromatic N) is 3. The molecule has 0 aromatic heterocycles. The van der Waals surface area contributed by atoms with Crippen molar-refractivity contribution in [3.8, 4) is 0 Å². The molecule has 2 fully saturated rings. The van der Waals surface area contributed by atoms with Crippen molar-refractivity contribution in [1.29, 1.82) is 0 Å². The second-order valence-corrected chi connectivity index (χ2v) is 24.4. The molecule has 0 spiro atoms. The summed E-state index contributed by atoms with van der Waals surface area (Å²) in [7, 11) is 1.02. The van der Waals surface area contributed by atoms with Crippen LogP contribution in [0.3, 0.4) is 0 Å². The van der Waals surface area contributed by atoms with E-state index in [1.54, 1.807) is 0 Å². The minimum Gasteiger partial charge on any atom is -0.465 e. The summed E-state index contributed by atoms with van der Waals surface area (Å²) in [6, 6.07) is 34.7. The lowest BCUT2D eigenvalue weighted by atomic mass is 9.87. The molecule has 0 unspecified atom stereocenters. The van der Waals surface area contributed by atoms with Gasteiger partial charge in [-0.05, 0) is 34.2 Å². The number of hydrogen-bond acceptors (Lipinski definition) is 22. The number of carbonyl (C=O) groups excluding carboxylic acids is 7. The normalized spacial score (nSPS) is 22.1. The number of unbranched alkanes of at least 4 members (excludes halogenated alkanes) is 10. The van der Waals surface area contributed by atoms with Gasteiger partial charge in [0.15, 0.2) is 24.6 Å². The first kappa shape index (κ1) is 79.1. The molecule has 4 aromatic carbocycles. The fraction of sp³-hybridized carbons (Fsp3) is 0.575. The number of hydrogen-bond donors (Lipinski definition) is 1. The van der Waals surface area contributed by atoms with Crippen molar-refractivity contribution in [2.75, 3.05) is 26.9 Å². The summed E-state index contributed by atoms with van der Waals surface area (Å²) >= 11 is 0. The molecule has 1 amide bonds. The number of rotatable bonds is 43. The molecule has 98 heavy (non-hydrogen) atoms. The number of esters is 6. The van der Waals surface area contributed by atoms with Gasteiger partial charge in [-0.15, -0.1) is 0 Å². The van der Waals surface area contributed by atoms with Crippen molar-refractivity contribution in [3.05, 3.63) is 154 Å². The van der Waals surface area contributed by atoms with Crippen LogP contribution in [0.5, 0.6) is 0 Å². The molecule has 1 N–H and O–H groups in total. The topological polar surface area (TPSA) is 309 Å². The minimum absolute atomic E-state index is 0.0879. The summed E-state index contributed by atoms with van der Waals surface area (Å²) in [6.07, 6.45) is -3.76. The third-order valence-electron chi connectivity index (χ3n) is 16.5. The van der Waals surface area contributed by atoms with Crippen LogP contribution in [0.15, 0.2) is 126 Å². The Bertz CT molecular complexity index is 3090. The number of carbonyl (C=O) groups is 7. The Morgan fingerprint density at radius 2 is 1.09 bits per heavy atom. The smallest absolute Gasteiger partial charge is 0.366 e. The summed E-state index contributed by atoms with van der Waals surface area (Å²) < 4.78 is 88.7. The van der Waals surface area contributed by atoms with Crippen LogP contribution in [0.2, 0.25) is 0 Å². The van der Waals surface area contributed by atoms with Gasteiger partial charge in [-0.25, -0.2) is 4.79 Å². The maximum absolute atomic E-state index is 14.8. The summed E-state index contributed by atoms with van der Waals surface area (Å²) in [6.45, 7) is 6.94. The van der Waals surface area contributed by atoms with Gasteiger partial charge in [-0.2, -0.15) is 0 Å². The molecular formula is C73H98N4O21. The first-order chi connectivity index (χ1) is 47.3. The molecule has 0 aliphatic carbocycles. The Hall–Kier alpha value is -7.84. The number of benzene rings is 4. The van der Waals surface area contributed by atoms with Crippen LogP contribution >= 0.6 is 0 Å². The van der Waals surface area contributed by atoms with E-state index in [0.717, 1.165) is 85.0 Å². The molecule has 6 rings (SSSR count). The highest BCUT2D eigenvalue weighted by Crippen LogP contribution is 2.39. The first-order valence-electron chi connectivity index (χ1n) is 33.8. The molecule has 2 aliphatic heterocycles. The van der Waals surface area contributed by atoms with Crippen LogP contribution in [-0.2, 0) is 126 Å². The van der Waals surface area contributed by atoms with E-state index in [9.17, 15) is 39.1 Å². The zero-order valence-corrected chi connectivity index (χ0v) is 57.6. The van der Waals surface area contributed by atoms with Gasteiger partial charge in [-0.1, -0.05) is 204 Å². The Kier molecular flexibility index (Phi) is 34.6. The Morgan fingerprint density at radius 3 is 1.58 bits per heavy atom. The molecule has 2 saturated heterocycles. The third-order valence-corrected chi connectivity index (χ3v) is 16.5. The van der Waals surface area contributed by atoms with Crippen LogP contribution in [0.25, 0.3) is 10.4 Å². The fourth-order valence-corrected chi connectivity index (χ4v) is 12.0. The van der Waals surface area contributed by atoms with E-state index in [1.165, 1.54) is 45.4 Å².